The van der Waals surface area contributed by atoms with E-state index in [9.17, 15) is 19.2 Å². The molecule has 5 amide bonds. The second-order valence-electron chi connectivity index (χ2n) is 8.38. The number of hydrogen-bond donors (Lipinski definition) is 2. The van der Waals surface area contributed by atoms with E-state index in [1.54, 1.807) is 25.1 Å². The van der Waals surface area contributed by atoms with Crippen LogP contribution in [-0.4, -0.2) is 58.7 Å². The molecule has 2 saturated heterocycles. The molecule has 2 N–H and O–H groups in total. The predicted octanol–water partition coefficient (Wildman–Crippen LogP) is 1.89. The topological polar surface area (TPSA) is 98.8 Å². The second-order valence-corrected chi connectivity index (χ2v) is 8.38. The van der Waals surface area contributed by atoms with Gasteiger partial charge < -0.3 is 15.5 Å². The zero-order chi connectivity index (χ0) is 20.8. The number of nitrogens with one attached hydrogen (secondary N) is 2. The summed E-state index contributed by atoms with van der Waals surface area (Å²) in [6, 6.07) is 4.62. The van der Waals surface area contributed by atoms with Crippen LogP contribution in [0.3, 0.4) is 0 Å². The highest BCUT2D eigenvalue weighted by molar-refractivity contribution is 6.10. The van der Waals surface area contributed by atoms with Crippen molar-refractivity contribution in [1.29, 1.82) is 0 Å². The number of hydrogen-bond acceptors (Lipinski definition) is 4. The fourth-order valence-corrected chi connectivity index (χ4v) is 4.17. The third-order valence-electron chi connectivity index (χ3n) is 6.14. The number of amides is 5. The van der Waals surface area contributed by atoms with E-state index in [4.69, 9.17) is 0 Å². The summed E-state index contributed by atoms with van der Waals surface area (Å²) in [5, 5.41) is 5.48. The first-order chi connectivity index (χ1) is 13.8. The van der Waals surface area contributed by atoms with Gasteiger partial charge in [-0.05, 0) is 69.2 Å². The first-order valence-electron chi connectivity index (χ1n) is 10.1. The van der Waals surface area contributed by atoms with Gasteiger partial charge in [0, 0.05) is 24.3 Å². The van der Waals surface area contributed by atoms with Crippen LogP contribution in [0.25, 0.3) is 0 Å². The number of likely N-dealkylation sites (tertiary alicyclic amines) is 1. The van der Waals surface area contributed by atoms with Crippen LogP contribution in [0.5, 0.6) is 0 Å². The van der Waals surface area contributed by atoms with E-state index in [-0.39, 0.29) is 24.3 Å². The Morgan fingerprint density at radius 2 is 1.90 bits per heavy atom. The summed E-state index contributed by atoms with van der Waals surface area (Å²) in [7, 11) is 0. The summed E-state index contributed by atoms with van der Waals surface area (Å²) in [5.74, 6) is -0.643. The Balaban J connectivity index is 1.40. The third kappa shape index (κ3) is 3.59. The molecule has 2 aliphatic heterocycles. The van der Waals surface area contributed by atoms with Crippen molar-refractivity contribution in [2.45, 2.75) is 45.1 Å². The van der Waals surface area contributed by atoms with Crippen LogP contribution < -0.4 is 10.6 Å². The summed E-state index contributed by atoms with van der Waals surface area (Å²) in [6.45, 7) is 4.77. The van der Waals surface area contributed by atoms with Crippen molar-refractivity contribution < 1.29 is 19.2 Å². The molecule has 3 aliphatic rings. The van der Waals surface area contributed by atoms with E-state index in [1.807, 2.05) is 11.8 Å². The molecular formula is C21H26N4O4. The molecule has 0 radical (unpaired) electrons. The van der Waals surface area contributed by atoms with E-state index >= 15 is 0 Å². The van der Waals surface area contributed by atoms with Crippen molar-refractivity contribution in [2.24, 2.45) is 5.92 Å². The Kier molecular flexibility index (Phi) is 4.80. The number of benzene rings is 1. The zero-order valence-electron chi connectivity index (χ0n) is 16.8. The van der Waals surface area contributed by atoms with Gasteiger partial charge >= 0.3 is 6.03 Å². The lowest BCUT2D eigenvalue weighted by molar-refractivity contribution is -0.134. The molecule has 8 heteroatoms. The van der Waals surface area contributed by atoms with Gasteiger partial charge in [0.2, 0.25) is 5.91 Å². The quantitative estimate of drug-likeness (QED) is 0.740. The lowest BCUT2D eigenvalue weighted by Crippen LogP contribution is -2.46. The number of anilines is 1. The first-order valence-corrected chi connectivity index (χ1v) is 10.1. The molecule has 8 nitrogen and oxygen atoms in total. The molecule has 0 bridgehead atoms. The maximum absolute atomic E-state index is 12.6. The molecular weight excluding hydrogens is 372 g/mol. The maximum Gasteiger partial charge on any atom is 0.325 e. The largest absolute Gasteiger partial charge is 0.339 e. The van der Waals surface area contributed by atoms with Gasteiger partial charge in [-0.1, -0.05) is 0 Å². The van der Waals surface area contributed by atoms with Gasteiger partial charge in [0.1, 0.15) is 12.1 Å². The lowest BCUT2D eigenvalue weighted by atomic mass is 9.96. The smallest absolute Gasteiger partial charge is 0.325 e. The van der Waals surface area contributed by atoms with Crippen molar-refractivity contribution in [3.8, 4) is 0 Å². The number of aryl methyl sites for hydroxylation is 1. The Labute approximate surface area is 169 Å². The number of rotatable bonds is 5. The molecule has 4 rings (SSSR count). The van der Waals surface area contributed by atoms with E-state index in [2.05, 4.69) is 10.6 Å². The van der Waals surface area contributed by atoms with Crippen molar-refractivity contribution in [3.63, 3.8) is 0 Å². The molecule has 1 atom stereocenters. The summed E-state index contributed by atoms with van der Waals surface area (Å²) >= 11 is 0. The van der Waals surface area contributed by atoms with Crippen LogP contribution in [0, 0.1) is 12.8 Å². The van der Waals surface area contributed by atoms with Crippen LogP contribution in [0.1, 0.15) is 48.5 Å². The highest BCUT2D eigenvalue weighted by atomic mass is 16.2. The number of carbonyl (C=O) groups excluding carboxylic acids is 4. The van der Waals surface area contributed by atoms with Crippen LogP contribution in [0.15, 0.2) is 18.2 Å². The maximum atomic E-state index is 12.6. The van der Waals surface area contributed by atoms with Gasteiger partial charge in [-0.3, -0.25) is 19.3 Å². The average Bonchev–Trinajstić information content (AvgIpc) is 3.36. The molecule has 1 aromatic rings. The molecule has 0 spiro atoms. The van der Waals surface area contributed by atoms with Crippen LogP contribution >= 0.6 is 0 Å². The monoisotopic (exact) mass is 398 g/mol. The molecule has 154 valence electrons. The van der Waals surface area contributed by atoms with E-state index < -0.39 is 17.5 Å². The van der Waals surface area contributed by atoms with Crippen molar-refractivity contribution in [3.05, 3.63) is 29.3 Å². The minimum atomic E-state index is -0.898. The summed E-state index contributed by atoms with van der Waals surface area (Å²) in [6.07, 6.45) is 3.87. The summed E-state index contributed by atoms with van der Waals surface area (Å²) in [4.78, 5) is 52.6. The van der Waals surface area contributed by atoms with Crippen LogP contribution in [0.4, 0.5) is 10.5 Å². The Morgan fingerprint density at radius 1 is 1.21 bits per heavy atom. The number of carbonyl (C=O) groups is 4. The van der Waals surface area contributed by atoms with Gasteiger partial charge in [-0.25, -0.2) is 4.79 Å². The zero-order valence-corrected chi connectivity index (χ0v) is 16.8. The number of imide groups is 1. The highest BCUT2D eigenvalue weighted by Gasteiger charge is 2.56. The first kappa shape index (κ1) is 19.4. The molecule has 1 saturated carbocycles. The standard InChI is InChI=1S/C21H26N4O4/c1-13-11-14(18(27)24-9-3-4-10-24)5-8-16(13)22-17(26)12-25-19(28)21(2,15-6-7-15)23-20(25)29/h5,8,11,15H,3-4,6-7,9-10,12H2,1-2H3,(H,22,26)(H,23,29). The summed E-state index contributed by atoms with van der Waals surface area (Å²) < 4.78 is 0. The molecule has 1 unspecified atom stereocenters. The summed E-state index contributed by atoms with van der Waals surface area (Å²) in [5.41, 5.74) is 1.01. The van der Waals surface area contributed by atoms with E-state index in [0.29, 0.717) is 11.3 Å². The molecule has 2 heterocycles. The Morgan fingerprint density at radius 3 is 2.52 bits per heavy atom. The minimum absolute atomic E-state index is 0.00201. The van der Waals surface area contributed by atoms with E-state index in [0.717, 1.165) is 49.2 Å². The Hall–Kier alpha value is -2.90. The van der Waals surface area contributed by atoms with Crippen LogP contribution in [0.2, 0.25) is 0 Å². The molecule has 3 fully saturated rings. The SMILES string of the molecule is Cc1cc(C(=O)N2CCCC2)ccc1NC(=O)CN1C(=O)NC(C)(C2CC2)C1=O. The van der Waals surface area contributed by atoms with Gasteiger partial charge in [0.25, 0.3) is 11.8 Å². The third-order valence-corrected chi connectivity index (χ3v) is 6.14. The predicted molar refractivity (Wildman–Crippen MR) is 106 cm³/mol. The normalized spacial score (nSPS) is 24.1. The average molecular weight is 398 g/mol. The van der Waals surface area contributed by atoms with Crippen molar-refractivity contribution in [1.82, 2.24) is 15.1 Å². The van der Waals surface area contributed by atoms with Gasteiger partial charge in [0.15, 0.2) is 0 Å². The van der Waals surface area contributed by atoms with E-state index in [1.165, 1.54) is 0 Å². The van der Waals surface area contributed by atoms with Gasteiger partial charge in [-0.15, -0.1) is 0 Å². The fourth-order valence-electron chi connectivity index (χ4n) is 4.17. The fraction of sp³-hybridized carbons (Fsp3) is 0.524. The Bertz CT molecular complexity index is 889. The van der Waals surface area contributed by atoms with Gasteiger partial charge in [0.05, 0.1) is 0 Å². The van der Waals surface area contributed by atoms with Crippen molar-refractivity contribution >= 4 is 29.4 Å². The molecule has 0 aromatic heterocycles. The molecule has 29 heavy (non-hydrogen) atoms. The number of nitrogens with zero attached hydrogens (tertiary/aromatic N) is 2. The van der Waals surface area contributed by atoms with Gasteiger partial charge in [-0.2, -0.15) is 0 Å². The second kappa shape index (κ2) is 7.17. The minimum Gasteiger partial charge on any atom is -0.339 e. The lowest BCUT2D eigenvalue weighted by Gasteiger charge is -2.21. The molecule has 1 aromatic carbocycles. The highest BCUT2D eigenvalue weighted by Crippen LogP contribution is 2.42. The molecule has 1 aliphatic carbocycles. The van der Waals surface area contributed by atoms with Crippen molar-refractivity contribution in [2.75, 3.05) is 25.0 Å². The number of urea groups is 1. The van der Waals surface area contributed by atoms with Crippen LogP contribution in [-0.2, 0) is 9.59 Å².